The van der Waals surface area contributed by atoms with E-state index in [1.54, 1.807) is 27.0 Å². The summed E-state index contributed by atoms with van der Waals surface area (Å²) in [6, 6.07) is 15.3. The fraction of sp³-hybridized carbons (Fsp3) is 0.304. The summed E-state index contributed by atoms with van der Waals surface area (Å²) >= 11 is 0. The van der Waals surface area contributed by atoms with E-state index in [9.17, 15) is 9.59 Å². The van der Waals surface area contributed by atoms with Crippen LogP contribution in [0.15, 0.2) is 59.8 Å². The zero-order valence-corrected chi connectivity index (χ0v) is 16.7. The van der Waals surface area contributed by atoms with E-state index < -0.39 is 17.5 Å². The summed E-state index contributed by atoms with van der Waals surface area (Å²) in [5, 5.41) is 2.82. The van der Waals surface area contributed by atoms with Crippen molar-refractivity contribution in [2.24, 2.45) is 0 Å². The second-order valence-electron chi connectivity index (χ2n) is 7.68. The van der Waals surface area contributed by atoms with E-state index in [4.69, 9.17) is 14.2 Å². The van der Waals surface area contributed by atoms with E-state index in [1.165, 1.54) is 0 Å². The molecular weight excluding hydrogens is 370 g/mol. The molecule has 6 nitrogen and oxygen atoms in total. The number of methoxy groups -OCH3 is 1. The van der Waals surface area contributed by atoms with Crippen molar-refractivity contribution in [1.29, 1.82) is 0 Å². The lowest BCUT2D eigenvalue weighted by Gasteiger charge is -2.27. The molecule has 2 heterocycles. The van der Waals surface area contributed by atoms with Crippen molar-refractivity contribution in [3.63, 3.8) is 0 Å². The Bertz CT molecular complexity index is 994. The molecule has 0 aromatic heterocycles. The monoisotopic (exact) mass is 393 g/mol. The fourth-order valence-electron chi connectivity index (χ4n) is 3.82. The lowest BCUT2D eigenvalue weighted by Crippen LogP contribution is -2.38. The molecule has 1 atom stereocenters. The molecule has 0 spiro atoms. The van der Waals surface area contributed by atoms with Crippen LogP contribution in [0.4, 0.5) is 0 Å². The highest BCUT2D eigenvalue weighted by Crippen LogP contribution is 2.44. The molecule has 0 saturated heterocycles. The van der Waals surface area contributed by atoms with Crippen molar-refractivity contribution >= 4 is 11.9 Å². The van der Waals surface area contributed by atoms with Crippen LogP contribution in [0, 0.1) is 0 Å². The van der Waals surface area contributed by atoms with Gasteiger partial charge in [0.15, 0.2) is 11.5 Å². The first-order chi connectivity index (χ1) is 13.9. The quantitative estimate of drug-likeness (QED) is 0.788. The molecule has 29 heavy (non-hydrogen) atoms. The van der Waals surface area contributed by atoms with Crippen LogP contribution in [-0.4, -0.2) is 24.6 Å². The largest absolute Gasteiger partial charge is 0.493 e. The third-order valence-corrected chi connectivity index (χ3v) is 5.27. The summed E-state index contributed by atoms with van der Waals surface area (Å²) in [7, 11) is 1.58. The standard InChI is InChI=1S/C23H23NO5/c1-23(2)21-20(22(26)29-23)16(12-19(25)24-21)15-9-10-17(27-3)18(11-15)28-13-14-7-5-4-6-8-14/h4-11,16H,12-13H2,1-3H3,(H,24,25)/t16-/m1/s1. The minimum absolute atomic E-state index is 0.136. The lowest BCUT2D eigenvalue weighted by molar-refractivity contribution is -0.144. The number of amides is 1. The zero-order valence-electron chi connectivity index (χ0n) is 16.7. The maximum Gasteiger partial charge on any atom is 0.337 e. The molecule has 1 N–H and O–H groups in total. The number of cyclic esters (lactones) is 1. The Labute approximate surface area is 169 Å². The minimum atomic E-state index is -0.847. The molecule has 0 aliphatic carbocycles. The smallest absolute Gasteiger partial charge is 0.337 e. The van der Waals surface area contributed by atoms with Gasteiger partial charge in [-0.3, -0.25) is 4.79 Å². The molecule has 2 aromatic rings. The van der Waals surface area contributed by atoms with E-state index in [0.717, 1.165) is 11.1 Å². The second-order valence-corrected chi connectivity index (χ2v) is 7.68. The maximum atomic E-state index is 12.5. The molecule has 2 aliphatic heterocycles. The Hall–Kier alpha value is -3.28. The number of hydrogen-bond acceptors (Lipinski definition) is 5. The number of carbonyl (C=O) groups is 2. The molecule has 6 heteroatoms. The molecule has 1 amide bonds. The Morgan fingerprint density at radius 3 is 2.59 bits per heavy atom. The number of rotatable bonds is 5. The van der Waals surface area contributed by atoms with E-state index in [0.29, 0.717) is 29.4 Å². The Kier molecular flexibility index (Phi) is 4.78. The third-order valence-electron chi connectivity index (χ3n) is 5.27. The van der Waals surface area contributed by atoms with Crippen molar-refractivity contribution in [3.05, 3.63) is 70.9 Å². The van der Waals surface area contributed by atoms with Crippen molar-refractivity contribution < 1.29 is 23.8 Å². The van der Waals surface area contributed by atoms with Crippen LogP contribution in [0.1, 0.15) is 37.3 Å². The van der Waals surface area contributed by atoms with Gasteiger partial charge in [-0.2, -0.15) is 0 Å². The average Bonchev–Trinajstić information content (AvgIpc) is 2.94. The Morgan fingerprint density at radius 1 is 1.10 bits per heavy atom. The molecule has 0 bridgehead atoms. The SMILES string of the molecule is COc1ccc([C@H]2CC(=O)NC3=C2C(=O)OC3(C)C)cc1OCc1ccccc1. The van der Waals surface area contributed by atoms with Crippen molar-refractivity contribution in [2.75, 3.05) is 7.11 Å². The van der Waals surface area contributed by atoms with E-state index >= 15 is 0 Å². The van der Waals surface area contributed by atoms with Crippen LogP contribution < -0.4 is 14.8 Å². The predicted octanol–water partition coefficient (Wildman–Crippen LogP) is 3.47. The first-order valence-corrected chi connectivity index (χ1v) is 9.51. The van der Waals surface area contributed by atoms with Crippen LogP contribution in [0.2, 0.25) is 0 Å². The first kappa shape index (κ1) is 19.1. The predicted molar refractivity (Wildman–Crippen MR) is 106 cm³/mol. The number of benzene rings is 2. The number of nitrogens with one attached hydrogen (secondary N) is 1. The molecule has 0 saturated carbocycles. The van der Waals surface area contributed by atoms with Gasteiger partial charge in [0, 0.05) is 12.3 Å². The van der Waals surface area contributed by atoms with Crippen molar-refractivity contribution in [1.82, 2.24) is 5.32 Å². The van der Waals surface area contributed by atoms with Gasteiger partial charge >= 0.3 is 5.97 Å². The van der Waals surface area contributed by atoms with Gasteiger partial charge < -0.3 is 19.5 Å². The lowest BCUT2D eigenvalue weighted by atomic mass is 9.82. The number of carbonyl (C=O) groups excluding carboxylic acids is 2. The highest BCUT2D eigenvalue weighted by atomic mass is 16.6. The zero-order chi connectivity index (χ0) is 20.6. The molecular formula is C23H23NO5. The van der Waals surface area contributed by atoms with Gasteiger partial charge in [-0.1, -0.05) is 36.4 Å². The Balaban J connectivity index is 1.68. The minimum Gasteiger partial charge on any atom is -0.493 e. The summed E-state index contributed by atoms with van der Waals surface area (Å²) in [4.78, 5) is 24.9. The molecule has 0 radical (unpaired) electrons. The summed E-state index contributed by atoms with van der Waals surface area (Å²) in [6.45, 7) is 3.94. The van der Waals surface area contributed by atoms with Crippen LogP contribution in [0.3, 0.4) is 0 Å². The molecule has 150 valence electrons. The van der Waals surface area contributed by atoms with Crippen LogP contribution in [-0.2, 0) is 20.9 Å². The highest BCUT2D eigenvalue weighted by Gasteiger charge is 2.47. The normalized spacial score (nSPS) is 20.0. The van der Waals surface area contributed by atoms with Gasteiger partial charge in [-0.15, -0.1) is 0 Å². The molecule has 2 aliphatic rings. The van der Waals surface area contributed by atoms with Gasteiger partial charge in [-0.25, -0.2) is 4.79 Å². The summed E-state index contributed by atoms with van der Waals surface area (Å²) < 4.78 is 16.9. The van der Waals surface area contributed by atoms with Gasteiger partial charge in [0.05, 0.1) is 18.4 Å². The Morgan fingerprint density at radius 2 is 1.86 bits per heavy atom. The highest BCUT2D eigenvalue weighted by molar-refractivity contribution is 5.99. The third kappa shape index (κ3) is 3.58. The van der Waals surface area contributed by atoms with E-state index in [2.05, 4.69) is 5.32 Å². The first-order valence-electron chi connectivity index (χ1n) is 9.51. The van der Waals surface area contributed by atoms with Gasteiger partial charge in [0.25, 0.3) is 0 Å². The van der Waals surface area contributed by atoms with E-state index in [1.807, 2.05) is 42.5 Å². The number of esters is 1. The van der Waals surface area contributed by atoms with Crippen LogP contribution >= 0.6 is 0 Å². The second kappa shape index (κ2) is 7.28. The topological polar surface area (TPSA) is 73.9 Å². The van der Waals surface area contributed by atoms with Crippen molar-refractivity contribution in [2.45, 2.75) is 38.4 Å². The number of hydrogen-bond donors (Lipinski definition) is 1. The van der Waals surface area contributed by atoms with Crippen LogP contribution in [0.25, 0.3) is 0 Å². The molecule has 4 rings (SSSR count). The molecule has 2 aromatic carbocycles. The maximum absolute atomic E-state index is 12.5. The van der Waals surface area contributed by atoms with E-state index in [-0.39, 0.29) is 12.3 Å². The fourth-order valence-corrected chi connectivity index (χ4v) is 3.82. The average molecular weight is 393 g/mol. The van der Waals surface area contributed by atoms with Crippen molar-refractivity contribution in [3.8, 4) is 11.5 Å². The molecule has 0 unspecified atom stereocenters. The van der Waals surface area contributed by atoms with Gasteiger partial charge in [0.2, 0.25) is 5.91 Å². The number of ether oxygens (including phenoxy) is 3. The van der Waals surface area contributed by atoms with Gasteiger partial charge in [0.1, 0.15) is 12.2 Å². The van der Waals surface area contributed by atoms with Gasteiger partial charge in [-0.05, 0) is 37.1 Å². The summed E-state index contributed by atoms with van der Waals surface area (Å²) in [5.74, 6) is 0.236. The summed E-state index contributed by atoms with van der Waals surface area (Å²) in [6.07, 6.45) is 0.175. The van der Waals surface area contributed by atoms with Crippen LogP contribution in [0.5, 0.6) is 11.5 Å². The summed E-state index contributed by atoms with van der Waals surface area (Å²) in [5.41, 5.74) is 2.05. The molecule has 0 fully saturated rings.